The topological polar surface area (TPSA) is 83.8 Å². The highest BCUT2D eigenvalue weighted by molar-refractivity contribution is 6.30. The molecule has 29 heavy (non-hydrogen) atoms. The fraction of sp³-hybridized carbons (Fsp3) is 0.364. The number of carbonyl (C=O) groups is 2. The van der Waals surface area contributed by atoms with Gasteiger partial charge in [-0.3, -0.25) is 4.79 Å². The summed E-state index contributed by atoms with van der Waals surface area (Å²) in [5, 5.41) is 18.1. The number of hydrogen-bond donors (Lipinski definition) is 2. The van der Waals surface area contributed by atoms with Crippen molar-refractivity contribution in [1.29, 1.82) is 0 Å². The minimum absolute atomic E-state index is 0.231. The van der Waals surface area contributed by atoms with Gasteiger partial charge < -0.3 is 19.4 Å². The van der Waals surface area contributed by atoms with Gasteiger partial charge in [0.2, 0.25) is 0 Å². The summed E-state index contributed by atoms with van der Waals surface area (Å²) < 4.78 is 6.36. The molecule has 0 aliphatic rings. The molecule has 0 aliphatic heterocycles. The van der Waals surface area contributed by atoms with Gasteiger partial charge >= 0.3 is 5.97 Å². The minimum atomic E-state index is -1.43. The molecular formula is C22H29ClNO5+. The van der Waals surface area contributed by atoms with Gasteiger partial charge in [-0.05, 0) is 50.2 Å². The van der Waals surface area contributed by atoms with Crippen LogP contribution < -0.4 is 4.74 Å². The predicted molar refractivity (Wildman–Crippen MR) is 114 cm³/mol. The third kappa shape index (κ3) is 8.23. The molecule has 0 bridgehead atoms. The lowest BCUT2D eigenvalue weighted by atomic mass is 10.0. The Labute approximate surface area is 176 Å². The molecule has 0 saturated heterocycles. The maximum atomic E-state index is 12.6. The van der Waals surface area contributed by atoms with E-state index < -0.39 is 11.6 Å². The Morgan fingerprint density at radius 1 is 1.03 bits per heavy atom. The van der Waals surface area contributed by atoms with Gasteiger partial charge in [0, 0.05) is 10.6 Å². The number of carbonyl (C=O) groups excluding carboxylic acids is 1. The molecule has 2 aromatic rings. The van der Waals surface area contributed by atoms with Crippen LogP contribution in [0.3, 0.4) is 0 Å². The molecule has 0 radical (unpaired) electrons. The van der Waals surface area contributed by atoms with Crippen LogP contribution in [0.1, 0.15) is 29.8 Å². The highest BCUT2D eigenvalue weighted by atomic mass is 35.5. The van der Waals surface area contributed by atoms with Gasteiger partial charge in [0.1, 0.15) is 12.3 Å². The first-order valence-electron chi connectivity index (χ1n) is 9.10. The molecule has 0 fully saturated rings. The summed E-state index contributed by atoms with van der Waals surface area (Å²) >= 11 is 5.81. The van der Waals surface area contributed by atoms with Crippen molar-refractivity contribution in [3.8, 4) is 5.75 Å². The highest BCUT2D eigenvalue weighted by Crippen LogP contribution is 2.26. The predicted octanol–water partition coefficient (Wildman–Crippen LogP) is 3.50. The van der Waals surface area contributed by atoms with E-state index in [2.05, 4.69) is 21.1 Å². The van der Waals surface area contributed by atoms with Crippen molar-refractivity contribution in [2.45, 2.75) is 19.4 Å². The fourth-order valence-electron chi connectivity index (χ4n) is 2.12. The van der Waals surface area contributed by atoms with Gasteiger partial charge in [0.05, 0.1) is 33.3 Å². The Morgan fingerprint density at radius 3 is 2.03 bits per heavy atom. The van der Waals surface area contributed by atoms with E-state index in [0.29, 0.717) is 16.1 Å². The van der Waals surface area contributed by atoms with Crippen molar-refractivity contribution in [2.24, 2.45) is 0 Å². The number of halogens is 1. The Morgan fingerprint density at radius 2 is 1.59 bits per heavy atom. The lowest BCUT2D eigenvalue weighted by molar-refractivity contribution is -0.870. The Kier molecular flexibility index (Phi) is 8.82. The Bertz CT molecular complexity index is 826. The number of ether oxygens (including phenoxy) is 1. The molecule has 0 aromatic heterocycles. The molecule has 0 saturated carbocycles. The molecule has 0 amide bonds. The second kappa shape index (κ2) is 10.4. The van der Waals surface area contributed by atoms with Gasteiger partial charge in [-0.2, -0.15) is 0 Å². The fourth-order valence-corrected chi connectivity index (χ4v) is 2.24. The molecule has 0 aliphatic carbocycles. The third-order valence-corrected chi connectivity index (χ3v) is 4.14. The quantitative estimate of drug-likeness (QED) is 0.527. The summed E-state index contributed by atoms with van der Waals surface area (Å²) in [4.78, 5) is 23.8. The largest absolute Gasteiger partial charge is 0.478 e. The molecule has 2 N–H and O–H groups in total. The number of hydrogen-bond acceptors (Lipinski definition) is 4. The number of likely N-dealkylation sites (N-methyl/N-ethyl adjacent to an activating group) is 1. The molecule has 7 heteroatoms. The zero-order valence-corrected chi connectivity index (χ0v) is 18.2. The van der Waals surface area contributed by atoms with Crippen LogP contribution in [0.15, 0.2) is 48.5 Å². The van der Waals surface area contributed by atoms with E-state index in [0.717, 1.165) is 11.0 Å². The van der Waals surface area contributed by atoms with Crippen molar-refractivity contribution in [3.63, 3.8) is 0 Å². The van der Waals surface area contributed by atoms with Crippen molar-refractivity contribution in [2.75, 3.05) is 34.3 Å². The number of aliphatic hydroxyl groups excluding tert-OH is 1. The zero-order valence-electron chi connectivity index (χ0n) is 17.5. The average molecular weight is 423 g/mol. The van der Waals surface area contributed by atoms with Gasteiger partial charge in [-0.25, -0.2) is 4.79 Å². The number of benzene rings is 2. The first kappa shape index (κ1) is 24.6. The van der Waals surface area contributed by atoms with Crippen LogP contribution in [0.4, 0.5) is 0 Å². The minimum Gasteiger partial charge on any atom is -0.478 e. The smallest absolute Gasteiger partial charge is 0.347 e. The van der Waals surface area contributed by atoms with Crippen LogP contribution >= 0.6 is 11.6 Å². The molecule has 0 heterocycles. The average Bonchev–Trinajstić information content (AvgIpc) is 2.61. The summed E-state index contributed by atoms with van der Waals surface area (Å²) in [5.74, 6) is -1.13. The molecule has 0 spiro atoms. The highest BCUT2D eigenvalue weighted by Gasteiger charge is 2.31. The van der Waals surface area contributed by atoms with E-state index in [-0.39, 0.29) is 18.1 Å². The van der Waals surface area contributed by atoms with Crippen molar-refractivity contribution in [3.05, 3.63) is 64.7 Å². The molecule has 0 atom stereocenters. The van der Waals surface area contributed by atoms with Gasteiger partial charge in [-0.15, -0.1) is 0 Å². The van der Waals surface area contributed by atoms with Crippen molar-refractivity contribution in [1.82, 2.24) is 0 Å². The third-order valence-electron chi connectivity index (χ3n) is 3.89. The molecule has 158 valence electrons. The van der Waals surface area contributed by atoms with Gasteiger partial charge in [0.25, 0.3) is 0 Å². The molecule has 2 aromatic carbocycles. The van der Waals surface area contributed by atoms with Crippen LogP contribution in [0.5, 0.6) is 5.75 Å². The van der Waals surface area contributed by atoms with Crippen molar-refractivity contribution < 1.29 is 29.0 Å². The summed E-state index contributed by atoms with van der Waals surface area (Å²) in [6, 6.07) is 13.0. The standard InChI is InChI=1S/C17H15ClO4.C5H14NO/c1-17(2,16(20)21)22-14-6-4-3-5-13(14)15(19)11-7-9-12(18)10-8-11;1-6(2,3)4-5-7/h3-10H,1-2H3,(H,20,21);7H,4-5H2,1-3H3/q;+1. The number of quaternary nitrogens is 1. The lowest BCUT2D eigenvalue weighted by Gasteiger charge is -2.23. The molecule has 6 nitrogen and oxygen atoms in total. The lowest BCUT2D eigenvalue weighted by Crippen LogP contribution is -2.38. The number of nitrogens with zero attached hydrogens (tertiary/aromatic N) is 1. The van der Waals surface area contributed by atoms with E-state index in [9.17, 15) is 9.59 Å². The zero-order chi connectivity index (χ0) is 22.2. The van der Waals surface area contributed by atoms with Gasteiger partial charge in [0.15, 0.2) is 11.4 Å². The maximum Gasteiger partial charge on any atom is 0.347 e. The second-order valence-corrected chi connectivity index (χ2v) is 8.42. The van der Waals surface area contributed by atoms with E-state index in [4.69, 9.17) is 26.6 Å². The van der Waals surface area contributed by atoms with E-state index in [1.54, 1.807) is 48.5 Å². The number of aliphatic hydroxyl groups is 1. The van der Waals surface area contributed by atoms with E-state index >= 15 is 0 Å². The van der Waals surface area contributed by atoms with Crippen molar-refractivity contribution >= 4 is 23.4 Å². The number of para-hydroxylation sites is 1. The maximum absolute atomic E-state index is 12.6. The van der Waals surface area contributed by atoms with E-state index in [1.807, 2.05) is 0 Å². The summed E-state index contributed by atoms with van der Waals surface area (Å²) in [7, 11) is 6.16. The summed E-state index contributed by atoms with van der Waals surface area (Å²) in [6.07, 6.45) is 0. The number of ketones is 1. The van der Waals surface area contributed by atoms with Crippen LogP contribution in [0.25, 0.3) is 0 Å². The molecule has 0 unspecified atom stereocenters. The Balaban J connectivity index is 0.000000516. The number of rotatable bonds is 7. The first-order chi connectivity index (χ1) is 13.4. The SMILES string of the molecule is CC(C)(Oc1ccccc1C(=O)c1ccc(Cl)cc1)C(=O)O.C[N+](C)(C)CCO. The van der Waals surface area contributed by atoms with Crippen LogP contribution in [0.2, 0.25) is 5.02 Å². The Hall–Kier alpha value is -2.41. The first-order valence-corrected chi connectivity index (χ1v) is 9.48. The summed E-state index contributed by atoms with van der Waals surface area (Å²) in [5.41, 5.74) is -0.677. The number of carboxylic acids is 1. The monoisotopic (exact) mass is 422 g/mol. The summed E-state index contributed by atoms with van der Waals surface area (Å²) in [6.45, 7) is 3.97. The molecular weight excluding hydrogens is 394 g/mol. The molecule has 2 rings (SSSR count). The van der Waals surface area contributed by atoms with Crippen LogP contribution in [0, 0.1) is 0 Å². The van der Waals surface area contributed by atoms with Crippen LogP contribution in [-0.4, -0.2) is 66.3 Å². The van der Waals surface area contributed by atoms with Gasteiger partial charge in [-0.1, -0.05) is 23.7 Å². The number of aliphatic carboxylic acids is 1. The van der Waals surface area contributed by atoms with E-state index in [1.165, 1.54) is 13.8 Å². The second-order valence-electron chi connectivity index (χ2n) is 7.99. The van der Waals surface area contributed by atoms with Crippen LogP contribution in [-0.2, 0) is 4.79 Å². The number of carboxylic acid groups (broad SMARTS) is 1. The normalized spacial score (nSPS) is 11.3.